The van der Waals surface area contributed by atoms with Gasteiger partial charge in [-0.15, -0.1) is 0 Å². The lowest BCUT2D eigenvalue weighted by atomic mass is 9.90. The van der Waals surface area contributed by atoms with Crippen LogP contribution in [-0.2, 0) is 25.5 Å². The maximum Gasteiger partial charge on any atom is 0.359 e. The Hall–Kier alpha value is -2.95. The third-order valence-corrected chi connectivity index (χ3v) is 3.87. The number of hydrogen-bond donors (Lipinski definition) is 0. The van der Waals surface area contributed by atoms with Crippen molar-refractivity contribution in [1.29, 1.82) is 0 Å². The van der Waals surface area contributed by atoms with Crippen LogP contribution in [-0.4, -0.2) is 28.9 Å². The number of carbonyl (C=O) groups excluding carboxylic acids is 3. The van der Waals surface area contributed by atoms with Gasteiger partial charge in [0.2, 0.25) is 0 Å². The van der Waals surface area contributed by atoms with Crippen LogP contribution < -0.4 is 0 Å². The molecule has 1 atom stereocenters. The SMILES string of the molecule is CC(=O)[C@@](Cc1ccccc1)(OC(=O)c1ccccc1)C(=O)OC(C)(C)C. The first kappa shape index (κ1) is 20.4. The molecule has 0 aromatic heterocycles. The summed E-state index contributed by atoms with van der Waals surface area (Å²) in [5.74, 6) is -2.23. The van der Waals surface area contributed by atoms with Gasteiger partial charge in [0.25, 0.3) is 5.60 Å². The lowest BCUT2D eigenvalue weighted by Gasteiger charge is -2.32. The molecule has 0 fully saturated rings. The van der Waals surface area contributed by atoms with Crippen molar-refractivity contribution in [2.45, 2.75) is 45.3 Å². The first-order chi connectivity index (χ1) is 12.6. The van der Waals surface area contributed by atoms with E-state index < -0.39 is 28.9 Å². The number of esters is 2. The molecule has 5 nitrogen and oxygen atoms in total. The number of hydrogen-bond acceptors (Lipinski definition) is 5. The maximum absolute atomic E-state index is 13.0. The summed E-state index contributed by atoms with van der Waals surface area (Å²) >= 11 is 0. The molecule has 0 radical (unpaired) electrons. The molecule has 0 heterocycles. The number of carbonyl (C=O) groups is 3. The summed E-state index contributed by atoms with van der Waals surface area (Å²) in [4.78, 5) is 38.2. The van der Waals surface area contributed by atoms with Crippen molar-refractivity contribution in [2.24, 2.45) is 0 Å². The van der Waals surface area contributed by atoms with Crippen LogP contribution in [0, 0.1) is 0 Å². The molecular weight excluding hydrogens is 344 g/mol. The molecule has 0 spiro atoms. The molecule has 0 unspecified atom stereocenters. The zero-order valence-corrected chi connectivity index (χ0v) is 16.0. The third-order valence-electron chi connectivity index (χ3n) is 3.87. The second kappa shape index (κ2) is 8.16. The summed E-state index contributed by atoms with van der Waals surface area (Å²) in [5, 5.41) is 0. The summed E-state index contributed by atoms with van der Waals surface area (Å²) in [6.45, 7) is 6.30. The number of rotatable bonds is 6. The van der Waals surface area contributed by atoms with Gasteiger partial charge in [-0.1, -0.05) is 48.5 Å². The second-order valence-corrected chi connectivity index (χ2v) is 7.30. The number of ether oxygens (including phenoxy) is 2. The highest BCUT2D eigenvalue weighted by Gasteiger charge is 2.50. The van der Waals surface area contributed by atoms with Crippen molar-refractivity contribution < 1.29 is 23.9 Å². The highest BCUT2D eigenvalue weighted by atomic mass is 16.6. The molecule has 2 aromatic carbocycles. The van der Waals surface area contributed by atoms with E-state index in [1.165, 1.54) is 6.92 Å². The molecule has 0 saturated carbocycles. The highest BCUT2D eigenvalue weighted by molar-refractivity contribution is 6.09. The van der Waals surface area contributed by atoms with Crippen LogP contribution in [0.25, 0.3) is 0 Å². The van der Waals surface area contributed by atoms with Crippen molar-refractivity contribution in [3.63, 3.8) is 0 Å². The minimum Gasteiger partial charge on any atom is -0.457 e. The number of benzene rings is 2. The van der Waals surface area contributed by atoms with Crippen molar-refractivity contribution in [2.75, 3.05) is 0 Å². The Kier molecular flexibility index (Phi) is 6.16. The van der Waals surface area contributed by atoms with Crippen molar-refractivity contribution in [3.8, 4) is 0 Å². The fraction of sp³-hybridized carbons (Fsp3) is 0.318. The van der Waals surface area contributed by atoms with E-state index in [4.69, 9.17) is 9.47 Å². The Labute approximate surface area is 159 Å². The Morgan fingerprint density at radius 3 is 1.81 bits per heavy atom. The van der Waals surface area contributed by atoms with Crippen LogP contribution in [0.5, 0.6) is 0 Å². The Morgan fingerprint density at radius 2 is 1.33 bits per heavy atom. The molecule has 5 heteroatoms. The Bertz CT molecular complexity index is 806. The van der Waals surface area contributed by atoms with E-state index in [1.54, 1.807) is 75.4 Å². The molecule has 0 saturated heterocycles. The number of Topliss-reactive ketones (excluding diaryl/α,β-unsaturated/α-hetero) is 1. The lowest BCUT2D eigenvalue weighted by Crippen LogP contribution is -2.54. The summed E-state index contributed by atoms with van der Waals surface area (Å²) < 4.78 is 11.0. The van der Waals surface area contributed by atoms with E-state index >= 15 is 0 Å². The molecule has 0 aliphatic carbocycles. The van der Waals surface area contributed by atoms with E-state index in [9.17, 15) is 14.4 Å². The van der Waals surface area contributed by atoms with Gasteiger partial charge in [0, 0.05) is 6.42 Å². The van der Waals surface area contributed by atoms with Crippen molar-refractivity contribution in [3.05, 3.63) is 71.8 Å². The van der Waals surface area contributed by atoms with E-state index in [0.717, 1.165) is 0 Å². The fourth-order valence-electron chi connectivity index (χ4n) is 2.53. The summed E-state index contributed by atoms with van der Waals surface area (Å²) in [6.07, 6.45) is -0.101. The third kappa shape index (κ3) is 5.26. The van der Waals surface area contributed by atoms with E-state index in [0.29, 0.717) is 5.56 Å². The zero-order valence-electron chi connectivity index (χ0n) is 16.0. The summed E-state index contributed by atoms with van der Waals surface area (Å²) in [6, 6.07) is 17.2. The molecule has 0 aliphatic rings. The first-order valence-corrected chi connectivity index (χ1v) is 8.71. The quantitative estimate of drug-likeness (QED) is 0.574. The molecule has 0 N–H and O–H groups in total. The van der Waals surface area contributed by atoms with Crippen LogP contribution >= 0.6 is 0 Å². The smallest absolute Gasteiger partial charge is 0.359 e. The average molecular weight is 368 g/mol. The Balaban J connectivity index is 2.45. The van der Waals surface area contributed by atoms with Gasteiger partial charge in [-0.3, -0.25) is 4.79 Å². The topological polar surface area (TPSA) is 69.7 Å². The normalized spacial score (nSPS) is 13.3. The standard InChI is InChI=1S/C22H24O5/c1-16(23)22(20(25)27-21(2,3)4,15-17-11-7-5-8-12-17)26-19(24)18-13-9-6-10-14-18/h5-14H,15H2,1-4H3/t22-/m1/s1. The second-order valence-electron chi connectivity index (χ2n) is 7.30. The Morgan fingerprint density at radius 1 is 0.815 bits per heavy atom. The van der Waals surface area contributed by atoms with Crippen LogP contribution in [0.3, 0.4) is 0 Å². The highest BCUT2D eigenvalue weighted by Crippen LogP contribution is 2.26. The van der Waals surface area contributed by atoms with Gasteiger partial charge < -0.3 is 9.47 Å². The van der Waals surface area contributed by atoms with Crippen LogP contribution in [0.1, 0.15) is 43.6 Å². The van der Waals surface area contributed by atoms with Crippen LogP contribution in [0.2, 0.25) is 0 Å². The predicted octanol–water partition coefficient (Wildman–Crippen LogP) is 3.76. The largest absolute Gasteiger partial charge is 0.457 e. The molecule has 27 heavy (non-hydrogen) atoms. The van der Waals surface area contributed by atoms with Crippen LogP contribution in [0.15, 0.2) is 60.7 Å². The average Bonchev–Trinajstić information content (AvgIpc) is 2.61. The van der Waals surface area contributed by atoms with Gasteiger partial charge in [0.05, 0.1) is 5.56 Å². The molecule has 0 amide bonds. The zero-order chi connectivity index (χ0) is 20.1. The number of ketones is 1. The predicted molar refractivity (Wildman–Crippen MR) is 101 cm³/mol. The van der Waals surface area contributed by atoms with Gasteiger partial charge in [-0.05, 0) is 45.4 Å². The maximum atomic E-state index is 13.0. The molecule has 2 rings (SSSR count). The summed E-state index contributed by atoms with van der Waals surface area (Å²) in [7, 11) is 0. The molecule has 0 aliphatic heterocycles. The molecular formula is C22H24O5. The van der Waals surface area contributed by atoms with E-state index in [2.05, 4.69) is 0 Å². The van der Waals surface area contributed by atoms with Gasteiger partial charge in [-0.2, -0.15) is 0 Å². The molecule has 0 bridgehead atoms. The van der Waals surface area contributed by atoms with Crippen molar-refractivity contribution >= 4 is 17.7 Å². The van der Waals surface area contributed by atoms with Crippen LogP contribution in [0.4, 0.5) is 0 Å². The minimum absolute atomic E-state index is 0.101. The molecule has 142 valence electrons. The van der Waals surface area contributed by atoms with Gasteiger partial charge >= 0.3 is 11.9 Å². The van der Waals surface area contributed by atoms with Crippen molar-refractivity contribution in [1.82, 2.24) is 0 Å². The fourth-order valence-corrected chi connectivity index (χ4v) is 2.53. The summed E-state index contributed by atoms with van der Waals surface area (Å²) in [5.41, 5.74) is -1.96. The monoisotopic (exact) mass is 368 g/mol. The van der Waals surface area contributed by atoms with Gasteiger partial charge in [0.1, 0.15) is 5.60 Å². The molecule has 2 aromatic rings. The van der Waals surface area contributed by atoms with Gasteiger partial charge in [0.15, 0.2) is 5.78 Å². The van der Waals surface area contributed by atoms with Gasteiger partial charge in [-0.25, -0.2) is 9.59 Å². The first-order valence-electron chi connectivity index (χ1n) is 8.71. The minimum atomic E-state index is -2.05. The van der Waals surface area contributed by atoms with E-state index in [-0.39, 0.29) is 12.0 Å². The van der Waals surface area contributed by atoms with E-state index in [1.807, 2.05) is 6.07 Å². The lowest BCUT2D eigenvalue weighted by molar-refractivity contribution is -0.180.